The largest absolute Gasteiger partial charge is 0.355 e. The highest BCUT2D eigenvalue weighted by atomic mass is 35.5. The van der Waals surface area contributed by atoms with Gasteiger partial charge in [0.15, 0.2) is 0 Å². The number of halogens is 1. The van der Waals surface area contributed by atoms with Gasteiger partial charge in [-0.1, -0.05) is 30.3 Å². The van der Waals surface area contributed by atoms with Gasteiger partial charge in [-0.15, -0.1) is 12.4 Å². The highest BCUT2D eigenvalue weighted by Gasteiger charge is 2.44. The van der Waals surface area contributed by atoms with Crippen molar-refractivity contribution in [1.82, 2.24) is 14.9 Å². The Labute approximate surface area is 174 Å². The highest BCUT2D eigenvalue weighted by Crippen LogP contribution is 2.36. The Bertz CT molecular complexity index is 728. The van der Waals surface area contributed by atoms with Gasteiger partial charge in [0.25, 0.3) is 0 Å². The molecular weight excluding hydrogens is 398 g/mol. The number of carbonyl (C=O) groups excluding carboxylic acids is 1. The number of rotatable bonds is 7. The maximum Gasteiger partial charge on any atom is 0.230 e. The summed E-state index contributed by atoms with van der Waals surface area (Å²) in [5.41, 5.74) is 0.341. The fraction of sp³-hybridized carbons (Fsp3) is 0.650. The maximum absolute atomic E-state index is 13.2. The predicted octanol–water partition coefficient (Wildman–Crippen LogP) is 1.91. The van der Waals surface area contributed by atoms with Gasteiger partial charge in [-0.3, -0.25) is 4.79 Å². The van der Waals surface area contributed by atoms with Crippen LogP contribution in [0.15, 0.2) is 30.3 Å². The monoisotopic (exact) mass is 429 g/mol. The van der Waals surface area contributed by atoms with Crippen molar-refractivity contribution in [3.05, 3.63) is 35.9 Å². The second-order valence-corrected chi connectivity index (χ2v) is 9.91. The number of carbonyl (C=O) groups is 1. The minimum Gasteiger partial charge on any atom is -0.355 e. The van der Waals surface area contributed by atoms with E-state index in [4.69, 9.17) is 0 Å². The van der Waals surface area contributed by atoms with Gasteiger partial charge in [0.1, 0.15) is 0 Å². The summed E-state index contributed by atoms with van der Waals surface area (Å²) in [6, 6.07) is 9.82. The van der Waals surface area contributed by atoms with Crippen LogP contribution in [0.2, 0.25) is 0 Å². The van der Waals surface area contributed by atoms with E-state index >= 15 is 0 Å². The molecule has 2 fully saturated rings. The van der Waals surface area contributed by atoms with Crippen molar-refractivity contribution in [1.29, 1.82) is 0 Å². The fourth-order valence-electron chi connectivity index (χ4n) is 4.25. The molecule has 6 nitrogen and oxygen atoms in total. The molecule has 1 aromatic carbocycles. The molecule has 3 rings (SSSR count). The van der Waals surface area contributed by atoms with Crippen LogP contribution in [0.3, 0.4) is 0 Å². The van der Waals surface area contributed by atoms with E-state index in [1.54, 1.807) is 6.92 Å². The molecular formula is C20H32ClN3O3S. The van der Waals surface area contributed by atoms with Crippen LogP contribution in [0.5, 0.6) is 0 Å². The average molecular weight is 430 g/mol. The highest BCUT2D eigenvalue weighted by molar-refractivity contribution is 7.89. The minimum atomic E-state index is -3.21. The maximum atomic E-state index is 13.2. The Balaban J connectivity index is 0.00000280. The van der Waals surface area contributed by atoms with Gasteiger partial charge >= 0.3 is 0 Å². The molecule has 0 bridgehead atoms. The topological polar surface area (TPSA) is 78.5 Å². The number of piperidine rings is 1. The third-order valence-electron chi connectivity index (χ3n) is 6.10. The smallest absolute Gasteiger partial charge is 0.230 e. The van der Waals surface area contributed by atoms with Crippen LogP contribution < -0.4 is 10.6 Å². The average Bonchev–Trinajstić information content (AvgIpc) is 3.22. The molecule has 0 radical (unpaired) electrons. The molecule has 0 saturated carbocycles. The first-order chi connectivity index (χ1) is 13.0. The van der Waals surface area contributed by atoms with Crippen molar-refractivity contribution in [2.45, 2.75) is 38.0 Å². The lowest BCUT2D eigenvalue weighted by molar-refractivity contribution is -0.128. The third kappa shape index (κ3) is 5.06. The summed E-state index contributed by atoms with van der Waals surface area (Å²) in [7, 11) is -3.21. The molecule has 8 heteroatoms. The molecule has 2 heterocycles. The first-order valence-electron chi connectivity index (χ1n) is 10.0. The van der Waals surface area contributed by atoms with Gasteiger partial charge in [0.2, 0.25) is 15.9 Å². The van der Waals surface area contributed by atoms with Gasteiger partial charge in [0, 0.05) is 19.6 Å². The second kappa shape index (κ2) is 10.1. The Hall–Kier alpha value is -1.15. The van der Waals surface area contributed by atoms with Crippen LogP contribution in [0.1, 0.15) is 38.2 Å². The Morgan fingerprint density at radius 3 is 2.50 bits per heavy atom. The van der Waals surface area contributed by atoms with E-state index in [1.165, 1.54) is 10.7 Å². The zero-order valence-electron chi connectivity index (χ0n) is 16.5. The number of sulfonamides is 1. The molecule has 0 spiro atoms. The summed E-state index contributed by atoms with van der Waals surface area (Å²) in [5, 5.41) is 6.51. The number of benzene rings is 1. The van der Waals surface area contributed by atoms with Gasteiger partial charge in [-0.2, -0.15) is 0 Å². The van der Waals surface area contributed by atoms with Crippen molar-refractivity contribution >= 4 is 28.3 Å². The zero-order valence-corrected chi connectivity index (χ0v) is 18.2. The minimum absolute atomic E-state index is 0. The summed E-state index contributed by atoms with van der Waals surface area (Å²) in [6.45, 7) is 5.23. The van der Waals surface area contributed by atoms with Crippen LogP contribution in [0.4, 0.5) is 0 Å². The predicted molar refractivity (Wildman–Crippen MR) is 114 cm³/mol. The number of hydrogen-bond donors (Lipinski definition) is 2. The molecule has 2 saturated heterocycles. The Morgan fingerprint density at radius 1 is 1.25 bits per heavy atom. The summed E-state index contributed by atoms with van der Waals surface area (Å²) in [5.74, 6) is 0.773. The first kappa shape index (κ1) is 23.1. The van der Waals surface area contributed by atoms with Crippen molar-refractivity contribution < 1.29 is 13.2 Å². The molecule has 1 atom stereocenters. The molecule has 2 aliphatic rings. The van der Waals surface area contributed by atoms with Crippen LogP contribution in [0.25, 0.3) is 0 Å². The van der Waals surface area contributed by atoms with E-state index in [0.717, 1.165) is 25.1 Å². The molecule has 1 unspecified atom stereocenters. The van der Waals surface area contributed by atoms with Crippen molar-refractivity contribution in [2.75, 3.05) is 38.5 Å². The third-order valence-corrected chi connectivity index (χ3v) is 7.98. The van der Waals surface area contributed by atoms with E-state index < -0.39 is 15.4 Å². The van der Waals surface area contributed by atoms with E-state index in [0.29, 0.717) is 38.4 Å². The van der Waals surface area contributed by atoms with E-state index in [1.807, 2.05) is 30.3 Å². The summed E-state index contributed by atoms with van der Waals surface area (Å²) < 4.78 is 26.0. The van der Waals surface area contributed by atoms with Gasteiger partial charge in [0.05, 0.1) is 11.2 Å². The Morgan fingerprint density at radius 2 is 1.93 bits per heavy atom. The van der Waals surface area contributed by atoms with Crippen molar-refractivity contribution in [3.63, 3.8) is 0 Å². The number of amides is 1. The fourth-order valence-corrected chi connectivity index (χ4v) is 5.36. The quantitative estimate of drug-likeness (QED) is 0.694. The molecule has 0 aromatic heterocycles. The second-order valence-electron chi connectivity index (χ2n) is 7.65. The molecule has 158 valence electrons. The number of nitrogens with zero attached hydrogens (tertiary/aromatic N) is 1. The molecule has 2 aliphatic heterocycles. The van der Waals surface area contributed by atoms with Crippen LogP contribution in [-0.2, 0) is 20.2 Å². The van der Waals surface area contributed by atoms with Crippen LogP contribution in [0, 0.1) is 5.92 Å². The van der Waals surface area contributed by atoms with E-state index in [9.17, 15) is 13.2 Å². The van der Waals surface area contributed by atoms with E-state index in [2.05, 4.69) is 10.6 Å². The first-order valence-corrected chi connectivity index (χ1v) is 11.6. The molecule has 0 aliphatic carbocycles. The standard InChI is InChI=1S/C20H31N3O3S.ClH/c1-2-27(25,26)23-14-10-20(11-15-23,18-6-4-3-5-7-18)19(24)22-13-9-17-8-12-21-16-17;/h3-7,17,21H,2,8-16H2,1H3,(H,22,24);1H. The van der Waals surface area contributed by atoms with E-state index in [-0.39, 0.29) is 24.1 Å². The Kier molecular flexibility index (Phi) is 8.30. The number of hydrogen-bond acceptors (Lipinski definition) is 4. The molecule has 1 aromatic rings. The molecule has 2 N–H and O–H groups in total. The van der Waals surface area contributed by atoms with Gasteiger partial charge < -0.3 is 10.6 Å². The van der Waals surface area contributed by atoms with Crippen LogP contribution >= 0.6 is 12.4 Å². The summed E-state index contributed by atoms with van der Waals surface area (Å²) >= 11 is 0. The summed E-state index contributed by atoms with van der Waals surface area (Å²) in [6.07, 6.45) is 3.20. The van der Waals surface area contributed by atoms with Crippen molar-refractivity contribution in [3.8, 4) is 0 Å². The molecule has 1 amide bonds. The zero-order chi connectivity index (χ0) is 19.3. The van der Waals surface area contributed by atoms with Crippen LogP contribution in [-0.4, -0.2) is 57.1 Å². The van der Waals surface area contributed by atoms with Gasteiger partial charge in [-0.25, -0.2) is 12.7 Å². The normalized spacial score (nSPS) is 22.4. The lowest BCUT2D eigenvalue weighted by Crippen LogP contribution is -2.53. The van der Waals surface area contributed by atoms with Crippen molar-refractivity contribution in [2.24, 2.45) is 5.92 Å². The SMILES string of the molecule is CCS(=O)(=O)N1CCC(C(=O)NCCC2CCNC2)(c2ccccc2)CC1.Cl. The lowest BCUT2D eigenvalue weighted by Gasteiger charge is -2.40. The summed E-state index contributed by atoms with van der Waals surface area (Å²) in [4.78, 5) is 13.2. The van der Waals surface area contributed by atoms with Gasteiger partial charge in [-0.05, 0) is 57.2 Å². The number of nitrogens with one attached hydrogen (secondary N) is 2. The lowest BCUT2D eigenvalue weighted by atomic mass is 9.72. The molecule has 28 heavy (non-hydrogen) atoms.